The van der Waals surface area contributed by atoms with Gasteiger partial charge in [0.1, 0.15) is 0 Å². The van der Waals surface area contributed by atoms with Crippen LogP contribution < -0.4 is 11.1 Å². The summed E-state index contributed by atoms with van der Waals surface area (Å²) in [5, 5.41) is 3.08. The lowest BCUT2D eigenvalue weighted by atomic mass is 9.84. The Balaban J connectivity index is 2.43. The normalized spacial score (nSPS) is 23.5. The number of hydrogen-bond acceptors (Lipinski definition) is 2. The minimum absolute atomic E-state index is 0.00641. The monoisotopic (exact) mass is 226 g/mol. The van der Waals surface area contributed by atoms with E-state index in [9.17, 15) is 4.79 Å². The molecule has 0 spiro atoms. The van der Waals surface area contributed by atoms with E-state index in [1.807, 2.05) is 6.92 Å². The van der Waals surface area contributed by atoms with Gasteiger partial charge in [0.25, 0.3) is 0 Å². The molecule has 2 atom stereocenters. The number of carbonyl (C=O) groups is 1. The second-order valence-corrected chi connectivity index (χ2v) is 5.43. The molecule has 1 saturated carbocycles. The van der Waals surface area contributed by atoms with Crippen LogP contribution in [0, 0.1) is 5.92 Å². The molecule has 0 aromatic heterocycles. The molecule has 16 heavy (non-hydrogen) atoms. The smallest absolute Gasteiger partial charge is 0.239 e. The molecular formula is C13H26N2O. The summed E-state index contributed by atoms with van der Waals surface area (Å²) in [4.78, 5) is 11.9. The van der Waals surface area contributed by atoms with Crippen molar-refractivity contribution in [3.8, 4) is 0 Å². The van der Waals surface area contributed by atoms with Gasteiger partial charge in [-0.05, 0) is 39.0 Å². The second kappa shape index (κ2) is 5.67. The molecule has 2 unspecified atom stereocenters. The molecule has 3 heteroatoms. The van der Waals surface area contributed by atoms with Crippen LogP contribution in [0.4, 0.5) is 0 Å². The van der Waals surface area contributed by atoms with Crippen LogP contribution in [0.25, 0.3) is 0 Å². The molecule has 1 rings (SSSR count). The first-order valence-corrected chi connectivity index (χ1v) is 6.57. The van der Waals surface area contributed by atoms with Gasteiger partial charge in [0, 0.05) is 6.04 Å². The van der Waals surface area contributed by atoms with Crippen molar-refractivity contribution in [1.29, 1.82) is 0 Å². The fourth-order valence-electron chi connectivity index (χ4n) is 2.28. The van der Waals surface area contributed by atoms with Crippen molar-refractivity contribution in [2.75, 3.05) is 0 Å². The number of rotatable bonds is 4. The zero-order chi connectivity index (χ0) is 12.2. The molecular weight excluding hydrogens is 200 g/mol. The quantitative estimate of drug-likeness (QED) is 0.772. The zero-order valence-corrected chi connectivity index (χ0v) is 10.9. The van der Waals surface area contributed by atoms with E-state index in [0.29, 0.717) is 12.3 Å². The van der Waals surface area contributed by atoms with Crippen LogP contribution in [-0.2, 0) is 4.79 Å². The van der Waals surface area contributed by atoms with Gasteiger partial charge in [-0.3, -0.25) is 4.79 Å². The fraction of sp³-hybridized carbons (Fsp3) is 0.923. The van der Waals surface area contributed by atoms with E-state index in [2.05, 4.69) is 12.2 Å². The van der Waals surface area contributed by atoms with Crippen LogP contribution in [0.3, 0.4) is 0 Å². The molecule has 0 radical (unpaired) electrons. The molecule has 0 aliphatic heterocycles. The molecule has 94 valence electrons. The minimum atomic E-state index is -0.719. The SMILES string of the molecule is CCC(C)(N)C(=O)NC(C)C1CCCCC1. The van der Waals surface area contributed by atoms with Crippen molar-refractivity contribution >= 4 is 5.91 Å². The summed E-state index contributed by atoms with van der Waals surface area (Å²) < 4.78 is 0. The van der Waals surface area contributed by atoms with Crippen LogP contribution in [0.1, 0.15) is 59.3 Å². The number of carbonyl (C=O) groups excluding carboxylic acids is 1. The maximum atomic E-state index is 11.9. The van der Waals surface area contributed by atoms with Crippen molar-refractivity contribution in [1.82, 2.24) is 5.32 Å². The van der Waals surface area contributed by atoms with Gasteiger partial charge in [0.2, 0.25) is 5.91 Å². The zero-order valence-electron chi connectivity index (χ0n) is 10.9. The maximum Gasteiger partial charge on any atom is 0.239 e. The van der Waals surface area contributed by atoms with E-state index in [4.69, 9.17) is 5.73 Å². The van der Waals surface area contributed by atoms with Crippen LogP contribution in [0.2, 0.25) is 0 Å². The van der Waals surface area contributed by atoms with Crippen molar-refractivity contribution in [3.63, 3.8) is 0 Å². The van der Waals surface area contributed by atoms with Crippen LogP contribution in [-0.4, -0.2) is 17.5 Å². The van der Waals surface area contributed by atoms with Crippen LogP contribution >= 0.6 is 0 Å². The van der Waals surface area contributed by atoms with Gasteiger partial charge in [0.05, 0.1) is 5.54 Å². The number of hydrogen-bond donors (Lipinski definition) is 2. The lowest BCUT2D eigenvalue weighted by molar-refractivity contribution is -0.127. The summed E-state index contributed by atoms with van der Waals surface area (Å²) in [7, 11) is 0. The topological polar surface area (TPSA) is 55.1 Å². The average molecular weight is 226 g/mol. The van der Waals surface area contributed by atoms with Gasteiger partial charge in [-0.2, -0.15) is 0 Å². The van der Waals surface area contributed by atoms with Crippen molar-refractivity contribution < 1.29 is 4.79 Å². The lowest BCUT2D eigenvalue weighted by Crippen LogP contribution is -2.54. The molecule has 0 aromatic carbocycles. The van der Waals surface area contributed by atoms with Crippen molar-refractivity contribution in [2.45, 2.75) is 70.9 Å². The third kappa shape index (κ3) is 3.48. The van der Waals surface area contributed by atoms with Crippen molar-refractivity contribution in [3.05, 3.63) is 0 Å². The molecule has 0 aromatic rings. The summed E-state index contributed by atoms with van der Waals surface area (Å²) in [6, 6.07) is 0.266. The summed E-state index contributed by atoms with van der Waals surface area (Å²) in [6.07, 6.45) is 7.12. The molecule has 0 bridgehead atoms. The second-order valence-electron chi connectivity index (χ2n) is 5.43. The van der Waals surface area contributed by atoms with Gasteiger partial charge in [-0.25, -0.2) is 0 Å². The average Bonchev–Trinajstić information content (AvgIpc) is 2.30. The number of amides is 1. The van der Waals surface area contributed by atoms with Crippen molar-refractivity contribution in [2.24, 2.45) is 11.7 Å². The molecule has 0 saturated heterocycles. The minimum Gasteiger partial charge on any atom is -0.352 e. The fourth-order valence-corrected chi connectivity index (χ4v) is 2.28. The Hall–Kier alpha value is -0.570. The van der Waals surface area contributed by atoms with E-state index < -0.39 is 5.54 Å². The Labute approximate surface area is 99.2 Å². The molecule has 1 aliphatic carbocycles. The third-order valence-corrected chi connectivity index (χ3v) is 3.97. The predicted octanol–water partition coefficient (Wildman–Crippen LogP) is 2.20. The largest absolute Gasteiger partial charge is 0.352 e. The van der Waals surface area contributed by atoms with Crippen LogP contribution in [0.15, 0.2) is 0 Å². The third-order valence-electron chi connectivity index (χ3n) is 3.97. The molecule has 1 fully saturated rings. The predicted molar refractivity (Wildman–Crippen MR) is 67.1 cm³/mol. The summed E-state index contributed by atoms with van der Waals surface area (Å²) >= 11 is 0. The van der Waals surface area contributed by atoms with Gasteiger partial charge >= 0.3 is 0 Å². The summed E-state index contributed by atoms with van der Waals surface area (Å²) in [5.74, 6) is 0.637. The molecule has 1 aliphatic rings. The van der Waals surface area contributed by atoms with E-state index in [1.165, 1.54) is 32.1 Å². The first kappa shape index (κ1) is 13.5. The first-order chi connectivity index (χ1) is 7.47. The highest BCUT2D eigenvalue weighted by Gasteiger charge is 2.29. The Morgan fingerprint density at radius 1 is 1.44 bits per heavy atom. The molecule has 0 heterocycles. The lowest BCUT2D eigenvalue weighted by Gasteiger charge is -2.31. The molecule has 3 nitrogen and oxygen atoms in total. The number of nitrogens with two attached hydrogens (primary N) is 1. The van der Waals surface area contributed by atoms with E-state index >= 15 is 0 Å². The molecule has 3 N–H and O–H groups in total. The Morgan fingerprint density at radius 3 is 2.50 bits per heavy atom. The van der Waals surface area contributed by atoms with Gasteiger partial charge in [-0.15, -0.1) is 0 Å². The van der Waals surface area contributed by atoms with Gasteiger partial charge < -0.3 is 11.1 Å². The highest BCUT2D eigenvalue weighted by atomic mass is 16.2. The highest BCUT2D eigenvalue weighted by molar-refractivity contribution is 5.85. The number of nitrogens with one attached hydrogen (secondary N) is 1. The maximum absolute atomic E-state index is 11.9. The van der Waals surface area contributed by atoms with E-state index in [1.54, 1.807) is 6.92 Å². The Bertz CT molecular complexity index is 232. The standard InChI is InChI=1S/C13H26N2O/c1-4-13(3,14)12(16)15-10(2)11-8-6-5-7-9-11/h10-11H,4-9,14H2,1-3H3,(H,15,16). The Kier molecular flexibility index (Phi) is 4.78. The highest BCUT2D eigenvalue weighted by Crippen LogP contribution is 2.26. The van der Waals surface area contributed by atoms with E-state index in [0.717, 1.165) is 0 Å². The first-order valence-electron chi connectivity index (χ1n) is 6.57. The van der Waals surface area contributed by atoms with Crippen LogP contribution in [0.5, 0.6) is 0 Å². The summed E-state index contributed by atoms with van der Waals surface area (Å²) in [6.45, 7) is 5.86. The Morgan fingerprint density at radius 2 is 2.00 bits per heavy atom. The molecule has 1 amide bonds. The van der Waals surface area contributed by atoms with E-state index in [-0.39, 0.29) is 11.9 Å². The summed E-state index contributed by atoms with van der Waals surface area (Å²) in [5.41, 5.74) is 5.21. The van der Waals surface area contributed by atoms with Gasteiger partial charge in [0.15, 0.2) is 0 Å². The van der Waals surface area contributed by atoms with Gasteiger partial charge in [-0.1, -0.05) is 26.2 Å².